The van der Waals surface area contributed by atoms with Crippen molar-refractivity contribution in [3.05, 3.63) is 23.2 Å². The van der Waals surface area contributed by atoms with Crippen LogP contribution in [0.4, 0.5) is 0 Å². The van der Waals surface area contributed by atoms with E-state index in [0.717, 1.165) is 24.7 Å². The summed E-state index contributed by atoms with van der Waals surface area (Å²) in [6.07, 6.45) is 8.68. The number of aliphatic hydroxyl groups is 3. The zero-order valence-electron chi connectivity index (χ0n) is 18.5. The highest BCUT2D eigenvalue weighted by atomic mass is 16.6. The van der Waals surface area contributed by atoms with E-state index in [2.05, 4.69) is 33.8 Å². The van der Waals surface area contributed by atoms with Crippen LogP contribution in [0.15, 0.2) is 23.2 Å². The van der Waals surface area contributed by atoms with Crippen molar-refractivity contribution < 1.29 is 29.6 Å². The van der Waals surface area contributed by atoms with Crippen LogP contribution in [0.5, 0.6) is 0 Å². The van der Waals surface area contributed by atoms with E-state index in [1.165, 1.54) is 37.7 Å². The quantitative estimate of drug-likeness (QED) is 0.209. The fourth-order valence-corrected chi connectivity index (χ4v) is 3.40. The lowest BCUT2D eigenvalue weighted by Crippen LogP contribution is -2.31. The second-order valence-corrected chi connectivity index (χ2v) is 8.65. The molecule has 1 rings (SSSR count). The van der Waals surface area contributed by atoms with Crippen molar-refractivity contribution >= 4 is 5.97 Å². The summed E-state index contributed by atoms with van der Waals surface area (Å²) in [5.41, 5.74) is 1.37. The largest absolute Gasteiger partial charge is 0.505 e. The Morgan fingerprint density at radius 1 is 1.17 bits per heavy atom. The molecule has 1 aliphatic heterocycles. The number of cyclic esters (lactones) is 1. The van der Waals surface area contributed by atoms with Gasteiger partial charge in [-0.25, -0.2) is 4.79 Å². The second kappa shape index (κ2) is 13.6. The molecule has 0 fully saturated rings. The van der Waals surface area contributed by atoms with Crippen molar-refractivity contribution in [2.45, 2.75) is 91.3 Å². The smallest absolute Gasteiger partial charge is 0.378 e. The van der Waals surface area contributed by atoms with E-state index in [4.69, 9.17) is 14.6 Å². The molecule has 0 aromatic rings. The van der Waals surface area contributed by atoms with Crippen LogP contribution >= 0.6 is 0 Å². The molecule has 1 heterocycles. The van der Waals surface area contributed by atoms with E-state index < -0.39 is 30.5 Å². The molecule has 0 aromatic heterocycles. The van der Waals surface area contributed by atoms with Gasteiger partial charge in [-0.15, -0.1) is 0 Å². The molecule has 6 heteroatoms. The molecule has 6 nitrogen and oxygen atoms in total. The lowest BCUT2D eigenvalue weighted by molar-refractivity contribution is -0.148. The third kappa shape index (κ3) is 9.68. The third-order valence-electron chi connectivity index (χ3n) is 5.29. The topological polar surface area (TPSA) is 96.2 Å². The van der Waals surface area contributed by atoms with Gasteiger partial charge < -0.3 is 24.8 Å². The molecular formula is C23H40O6. The predicted octanol–water partition coefficient (Wildman–Crippen LogP) is 4.41. The van der Waals surface area contributed by atoms with Gasteiger partial charge in [0.2, 0.25) is 5.76 Å². The minimum Gasteiger partial charge on any atom is -0.505 e. The van der Waals surface area contributed by atoms with E-state index in [1.54, 1.807) is 0 Å². The Labute approximate surface area is 175 Å². The first-order valence-electron chi connectivity index (χ1n) is 11.0. The van der Waals surface area contributed by atoms with Gasteiger partial charge in [-0.1, -0.05) is 58.1 Å². The number of rotatable bonds is 15. The van der Waals surface area contributed by atoms with E-state index in [1.807, 2.05) is 0 Å². The summed E-state index contributed by atoms with van der Waals surface area (Å²) in [6, 6.07) is 0. The first kappa shape index (κ1) is 25.5. The summed E-state index contributed by atoms with van der Waals surface area (Å²) in [7, 11) is 0. The Morgan fingerprint density at radius 2 is 1.86 bits per heavy atom. The first-order valence-corrected chi connectivity index (χ1v) is 11.0. The molecule has 0 aliphatic carbocycles. The van der Waals surface area contributed by atoms with Crippen LogP contribution in [0.2, 0.25) is 0 Å². The van der Waals surface area contributed by atoms with Crippen LogP contribution < -0.4 is 0 Å². The lowest BCUT2D eigenvalue weighted by atomic mass is 9.94. The molecule has 3 atom stereocenters. The number of hydrogen-bond acceptors (Lipinski definition) is 6. The molecule has 0 saturated carbocycles. The Hall–Kier alpha value is -1.53. The molecular weight excluding hydrogens is 372 g/mol. The summed E-state index contributed by atoms with van der Waals surface area (Å²) in [4.78, 5) is 11.7. The molecule has 1 aliphatic rings. The van der Waals surface area contributed by atoms with Crippen molar-refractivity contribution in [3.63, 3.8) is 0 Å². The molecule has 0 spiro atoms. The van der Waals surface area contributed by atoms with Crippen LogP contribution in [-0.4, -0.2) is 46.7 Å². The van der Waals surface area contributed by atoms with Crippen LogP contribution in [-0.2, 0) is 14.3 Å². The molecule has 3 N–H and O–H groups in total. The highest BCUT2D eigenvalue weighted by molar-refractivity contribution is 5.89. The summed E-state index contributed by atoms with van der Waals surface area (Å²) in [6.45, 7) is 8.71. The maximum Gasteiger partial charge on any atom is 0.378 e. The van der Waals surface area contributed by atoms with E-state index in [0.29, 0.717) is 6.42 Å². The fourth-order valence-electron chi connectivity index (χ4n) is 3.40. The van der Waals surface area contributed by atoms with Crippen molar-refractivity contribution in [1.82, 2.24) is 0 Å². The number of esters is 1. The van der Waals surface area contributed by atoms with Gasteiger partial charge in [0, 0.05) is 0 Å². The van der Waals surface area contributed by atoms with Crippen molar-refractivity contribution in [3.8, 4) is 0 Å². The Bertz CT molecular complexity index is 552. The fraction of sp³-hybridized carbons (Fsp3) is 0.783. The van der Waals surface area contributed by atoms with Crippen LogP contribution in [0, 0.1) is 11.8 Å². The van der Waals surface area contributed by atoms with Gasteiger partial charge >= 0.3 is 5.97 Å². The van der Waals surface area contributed by atoms with Gasteiger partial charge in [-0.2, -0.15) is 0 Å². The van der Waals surface area contributed by atoms with Gasteiger partial charge in [-0.05, 0) is 44.4 Å². The first-order chi connectivity index (χ1) is 13.8. The molecule has 0 bridgehead atoms. The second-order valence-electron chi connectivity index (χ2n) is 8.65. The summed E-state index contributed by atoms with van der Waals surface area (Å²) >= 11 is 0. The van der Waals surface area contributed by atoms with E-state index in [-0.39, 0.29) is 12.4 Å². The molecule has 1 unspecified atom stereocenters. The molecule has 0 saturated heterocycles. The predicted molar refractivity (Wildman–Crippen MR) is 113 cm³/mol. The number of unbranched alkanes of at least 4 members (excludes halogenated alkanes) is 1. The van der Waals surface area contributed by atoms with Gasteiger partial charge in [0.05, 0.1) is 13.2 Å². The number of ether oxygens (including phenoxy) is 2. The maximum atomic E-state index is 11.7. The highest BCUT2D eigenvalue weighted by Crippen LogP contribution is 2.24. The van der Waals surface area contributed by atoms with Crippen LogP contribution in [0.25, 0.3) is 0 Å². The van der Waals surface area contributed by atoms with Gasteiger partial charge in [0.15, 0.2) is 11.9 Å². The number of carbonyl (C=O) groups is 1. The van der Waals surface area contributed by atoms with Crippen molar-refractivity contribution in [1.29, 1.82) is 0 Å². The Balaban J connectivity index is 2.20. The molecule has 29 heavy (non-hydrogen) atoms. The van der Waals surface area contributed by atoms with E-state index in [9.17, 15) is 15.0 Å². The minimum atomic E-state index is -1.36. The van der Waals surface area contributed by atoms with Crippen molar-refractivity contribution in [2.75, 3.05) is 13.2 Å². The van der Waals surface area contributed by atoms with Crippen LogP contribution in [0.1, 0.15) is 79.1 Å². The zero-order valence-corrected chi connectivity index (χ0v) is 18.5. The molecule has 0 aromatic carbocycles. The zero-order chi connectivity index (χ0) is 21.8. The number of hydrogen-bond donors (Lipinski definition) is 3. The van der Waals surface area contributed by atoms with Gasteiger partial charge in [0.25, 0.3) is 0 Å². The molecule has 0 radical (unpaired) electrons. The lowest BCUT2D eigenvalue weighted by Gasteiger charge is -2.13. The normalized spacial score (nSPS) is 19.6. The number of aliphatic hydroxyl groups excluding tert-OH is 3. The average Bonchev–Trinajstić information content (AvgIpc) is 2.94. The Kier molecular flexibility index (Phi) is 12.0. The summed E-state index contributed by atoms with van der Waals surface area (Å²) in [5, 5.41) is 28.3. The molecule has 168 valence electrons. The number of carbonyl (C=O) groups excluding carboxylic acids is 1. The Morgan fingerprint density at radius 3 is 2.52 bits per heavy atom. The van der Waals surface area contributed by atoms with Crippen molar-refractivity contribution in [2.24, 2.45) is 11.8 Å². The van der Waals surface area contributed by atoms with Crippen LogP contribution in [0.3, 0.4) is 0 Å². The number of allylic oxidation sites excluding steroid dienone is 2. The SMILES string of the molecule is CC(=CCCCOC1=C(O)[C@@H]([C@@H](O)CO)OC1=O)CCCC(C)CCCC(C)C. The van der Waals surface area contributed by atoms with E-state index >= 15 is 0 Å². The standard InChI is InChI=1S/C23H40O6/c1-16(2)9-7-11-18(4)13-8-12-17(3)10-5-6-14-28-22-20(26)21(19(25)15-24)29-23(22)27/h10,16,18-19,21,24-26H,5-9,11-15H2,1-4H3/t18?,19-,21+/m0/s1. The summed E-state index contributed by atoms with van der Waals surface area (Å²) in [5.74, 6) is 0.0504. The highest BCUT2D eigenvalue weighted by Gasteiger charge is 2.40. The maximum absolute atomic E-state index is 11.7. The molecule has 0 amide bonds. The third-order valence-corrected chi connectivity index (χ3v) is 5.29. The minimum absolute atomic E-state index is 0.269. The van der Waals surface area contributed by atoms with Gasteiger partial charge in [0.1, 0.15) is 6.10 Å². The monoisotopic (exact) mass is 412 g/mol. The summed E-state index contributed by atoms with van der Waals surface area (Å²) < 4.78 is 10.2. The van der Waals surface area contributed by atoms with Gasteiger partial charge in [-0.3, -0.25) is 0 Å². The average molecular weight is 413 g/mol.